The zero-order valence-corrected chi connectivity index (χ0v) is 11.7. The van der Waals surface area contributed by atoms with E-state index < -0.39 is 0 Å². The van der Waals surface area contributed by atoms with Crippen LogP contribution < -0.4 is 10.1 Å². The molecule has 0 spiro atoms. The lowest BCUT2D eigenvalue weighted by Gasteiger charge is -2.07. The molecular formula is C16H15N3O2. The maximum atomic E-state index is 11.8. The van der Waals surface area contributed by atoms with Crippen LogP contribution in [-0.4, -0.2) is 17.4 Å². The highest BCUT2D eigenvalue weighted by molar-refractivity contribution is 5.94. The number of pyridine rings is 1. The molecule has 0 saturated carbocycles. The van der Waals surface area contributed by atoms with Gasteiger partial charge in [-0.15, -0.1) is 0 Å². The van der Waals surface area contributed by atoms with E-state index in [4.69, 9.17) is 10.00 Å². The van der Waals surface area contributed by atoms with E-state index in [0.717, 1.165) is 11.3 Å². The van der Waals surface area contributed by atoms with Crippen molar-refractivity contribution in [3.63, 3.8) is 0 Å². The molecule has 0 aliphatic heterocycles. The van der Waals surface area contributed by atoms with Crippen LogP contribution in [0.15, 0.2) is 42.6 Å². The third-order valence-electron chi connectivity index (χ3n) is 2.81. The van der Waals surface area contributed by atoms with Crippen molar-refractivity contribution in [1.29, 1.82) is 5.26 Å². The van der Waals surface area contributed by atoms with Gasteiger partial charge in [-0.1, -0.05) is 12.1 Å². The van der Waals surface area contributed by atoms with Crippen LogP contribution in [0.5, 0.6) is 5.75 Å². The molecule has 1 aromatic carbocycles. The Labute approximate surface area is 123 Å². The lowest BCUT2D eigenvalue weighted by atomic mass is 10.1. The SMILES string of the molecule is Cc1ccc(OCc2cccc(C(=O)NCC#N)c2)cn1. The minimum absolute atomic E-state index is 0.00536. The maximum Gasteiger partial charge on any atom is 0.252 e. The van der Waals surface area contributed by atoms with Crippen molar-refractivity contribution >= 4 is 5.91 Å². The summed E-state index contributed by atoms with van der Waals surface area (Å²) in [4.78, 5) is 15.9. The Hall–Kier alpha value is -2.87. The first-order valence-electron chi connectivity index (χ1n) is 6.48. The Bertz CT molecular complexity index is 660. The van der Waals surface area contributed by atoms with Crippen LogP contribution in [-0.2, 0) is 6.61 Å². The zero-order chi connectivity index (χ0) is 15.1. The molecule has 5 nitrogen and oxygen atoms in total. The van der Waals surface area contributed by atoms with Gasteiger partial charge >= 0.3 is 0 Å². The fraction of sp³-hybridized carbons (Fsp3) is 0.188. The molecule has 0 atom stereocenters. The molecule has 2 rings (SSSR count). The van der Waals surface area contributed by atoms with Crippen LogP contribution in [0.2, 0.25) is 0 Å². The van der Waals surface area contributed by atoms with Crippen molar-refractivity contribution in [2.24, 2.45) is 0 Å². The van der Waals surface area contributed by atoms with Gasteiger partial charge in [0.2, 0.25) is 0 Å². The zero-order valence-electron chi connectivity index (χ0n) is 11.7. The minimum Gasteiger partial charge on any atom is -0.487 e. The van der Waals surface area contributed by atoms with Crippen LogP contribution >= 0.6 is 0 Å². The fourth-order valence-electron chi connectivity index (χ4n) is 1.73. The van der Waals surface area contributed by atoms with E-state index in [0.29, 0.717) is 17.9 Å². The second-order valence-electron chi connectivity index (χ2n) is 4.47. The van der Waals surface area contributed by atoms with Crippen molar-refractivity contribution in [2.75, 3.05) is 6.54 Å². The lowest BCUT2D eigenvalue weighted by Crippen LogP contribution is -2.23. The Morgan fingerprint density at radius 3 is 2.95 bits per heavy atom. The third-order valence-corrected chi connectivity index (χ3v) is 2.81. The van der Waals surface area contributed by atoms with E-state index in [1.54, 1.807) is 24.4 Å². The van der Waals surface area contributed by atoms with Gasteiger partial charge in [0.1, 0.15) is 18.9 Å². The molecular weight excluding hydrogens is 266 g/mol. The number of nitrogens with one attached hydrogen (secondary N) is 1. The van der Waals surface area contributed by atoms with Gasteiger partial charge in [-0.25, -0.2) is 0 Å². The number of carbonyl (C=O) groups excluding carboxylic acids is 1. The first-order chi connectivity index (χ1) is 10.2. The van der Waals surface area contributed by atoms with Gasteiger partial charge in [-0.3, -0.25) is 9.78 Å². The van der Waals surface area contributed by atoms with Crippen LogP contribution in [0.1, 0.15) is 21.6 Å². The molecule has 0 radical (unpaired) electrons. The number of ether oxygens (including phenoxy) is 1. The van der Waals surface area contributed by atoms with Crippen molar-refractivity contribution in [3.05, 3.63) is 59.4 Å². The number of benzene rings is 1. The number of hydrogen-bond acceptors (Lipinski definition) is 4. The van der Waals surface area contributed by atoms with Gasteiger partial charge in [0.05, 0.1) is 12.3 Å². The monoisotopic (exact) mass is 281 g/mol. The van der Waals surface area contributed by atoms with Gasteiger partial charge in [0, 0.05) is 11.3 Å². The van der Waals surface area contributed by atoms with Crippen molar-refractivity contribution in [2.45, 2.75) is 13.5 Å². The summed E-state index contributed by atoms with van der Waals surface area (Å²) in [5.74, 6) is 0.412. The van der Waals surface area contributed by atoms with E-state index >= 15 is 0 Å². The van der Waals surface area contributed by atoms with Crippen molar-refractivity contribution in [1.82, 2.24) is 10.3 Å². The molecule has 0 aliphatic carbocycles. The summed E-state index contributed by atoms with van der Waals surface area (Å²) in [5, 5.41) is 11.0. The number of rotatable bonds is 5. The topological polar surface area (TPSA) is 75.0 Å². The number of aryl methyl sites for hydroxylation is 1. The first kappa shape index (κ1) is 14.5. The van der Waals surface area contributed by atoms with Crippen molar-refractivity contribution < 1.29 is 9.53 Å². The van der Waals surface area contributed by atoms with E-state index in [1.807, 2.05) is 31.2 Å². The van der Waals surface area contributed by atoms with Crippen LogP contribution in [0.3, 0.4) is 0 Å². The van der Waals surface area contributed by atoms with Gasteiger partial charge in [0.15, 0.2) is 0 Å². The minimum atomic E-state index is -0.268. The molecule has 1 N–H and O–H groups in total. The highest BCUT2D eigenvalue weighted by atomic mass is 16.5. The summed E-state index contributed by atoms with van der Waals surface area (Å²) in [6, 6.07) is 12.7. The molecule has 0 fully saturated rings. The summed E-state index contributed by atoms with van der Waals surface area (Å²) in [6.07, 6.45) is 1.67. The number of carbonyl (C=O) groups is 1. The Balaban J connectivity index is 1.99. The van der Waals surface area contributed by atoms with Gasteiger partial charge in [-0.2, -0.15) is 5.26 Å². The van der Waals surface area contributed by atoms with Crippen LogP contribution in [0.4, 0.5) is 0 Å². The Kier molecular flexibility index (Phi) is 4.89. The molecule has 2 aromatic rings. The second kappa shape index (κ2) is 7.06. The predicted octanol–water partition coefficient (Wildman–Crippen LogP) is 2.22. The number of amides is 1. The summed E-state index contributed by atoms with van der Waals surface area (Å²) in [6.45, 7) is 2.26. The lowest BCUT2D eigenvalue weighted by molar-refractivity contribution is 0.0958. The third kappa shape index (κ3) is 4.32. The second-order valence-corrected chi connectivity index (χ2v) is 4.47. The molecule has 0 unspecified atom stereocenters. The number of nitriles is 1. The quantitative estimate of drug-likeness (QED) is 0.853. The number of nitrogens with zero attached hydrogens (tertiary/aromatic N) is 2. The molecule has 0 bridgehead atoms. The van der Waals surface area contributed by atoms with Crippen molar-refractivity contribution in [3.8, 4) is 11.8 Å². The highest BCUT2D eigenvalue weighted by Gasteiger charge is 2.05. The van der Waals surface area contributed by atoms with E-state index in [9.17, 15) is 4.79 Å². The number of aromatic nitrogens is 1. The largest absolute Gasteiger partial charge is 0.487 e. The average Bonchev–Trinajstić information content (AvgIpc) is 2.52. The number of hydrogen-bond donors (Lipinski definition) is 1. The van der Waals surface area contributed by atoms with Crippen LogP contribution in [0, 0.1) is 18.3 Å². The van der Waals surface area contributed by atoms with E-state index in [1.165, 1.54) is 0 Å². The first-order valence-corrected chi connectivity index (χ1v) is 6.48. The molecule has 1 aromatic heterocycles. The smallest absolute Gasteiger partial charge is 0.252 e. The molecule has 106 valence electrons. The van der Waals surface area contributed by atoms with Gasteiger partial charge in [-0.05, 0) is 36.8 Å². The van der Waals surface area contributed by atoms with Gasteiger partial charge in [0.25, 0.3) is 5.91 Å². The summed E-state index contributed by atoms with van der Waals surface area (Å²) in [7, 11) is 0. The Morgan fingerprint density at radius 1 is 1.38 bits per heavy atom. The molecule has 1 heterocycles. The van der Waals surface area contributed by atoms with Crippen LogP contribution in [0.25, 0.3) is 0 Å². The standard InChI is InChI=1S/C16H15N3O2/c1-12-5-6-15(10-19-12)21-11-13-3-2-4-14(9-13)16(20)18-8-7-17/h2-6,9-10H,8,11H2,1H3,(H,18,20). The molecule has 0 saturated heterocycles. The normalized spacial score (nSPS) is 9.71. The Morgan fingerprint density at radius 2 is 2.24 bits per heavy atom. The van der Waals surface area contributed by atoms with E-state index in [-0.39, 0.29) is 12.5 Å². The average molecular weight is 281 g/mol. The predicted molar refractivity (Wildman–Crippen MR) is 77.7 cm³/mol. The fourth-order valence-corrected chi connectivity index (χ4v) is 1.73. The summed E-state index contributed by atoms with van der Waals surface area (Å²) in [5.41, 5.74) is 2.31. The molecule has 1 amide bonds. The molecule has 21 heavy (non-hydrogen) atoms. The highest BCUT2D eigenvalue weighted by Crippen LogP contribution is 2.12. The maximum absolute atomic E-state index is 11.8. The van der Waals surface area contributed by atoms with E-state index in [2.05, 4.69) is 10.3 Å². The molecule has 0 aliphatic rings. The summed E-state index contributed by atoms with van der Waals surface area (Å²) >= 11 is 0. The molecule has 5 heteroatoms. The summed E-state index contributed by atoms with van der Waals surface area (Å²) < 4.78 is 5.62. The van der Waals surface area contributed by atoms with Gasteiger partial charge < -0.3 is 10.1 Å².